The molecule has 0 unspecified atom stereocenters. The topological polar surface area (TPSA) is 69.0 Å². The first-order valence-electron chi connectivity index (χ1n) is 9.87. The molecular weight excluding hydrogens is 444 g/mol. The van der Waals surface area contributed by atoms with Crippen LogP contribution in [0, 0.1) is 0 Å². The van der Waals surface area contributed by atoms with Crippen molar-refractivity contribution < 1.29 is 9.53 Å². The number of carbonyl (C=O) groups is 1. The summed E-state index contributed by atoms with van der Waals surface area (Å²) in [5.74, 6) is 1.75. The summed E-state index contributed by atoms with van der Waals surface area (Å²) in [6.07, 6.45) is 0. The molecule has 0 aliphatic carbocycles. The maximum absolute atomic E-state index is 12.6. The van der Waals surface area contributed by atoms with Crippen LogP contribution in [-0.2, 0) is 12.8 Å². The molecule has 0 aliphatic rings. The van der Waals surface area contributed by atoms with Gasteiger partial charge in [0.25, 0.3) is 5.91 Å². The highest BCUT2D eigenvalue weighted by molar-refractivity contribution is 7.98. The molecule has 1 N–H and O–H groups in total. The van der Waals surface area contributed by atoms with Gasteiger partial charge >= 0.3 is 0 Å². The summed E-state index contributed by atoms with van der Waals surface area (Å²) in [4.78, 5) is 12.6. The third-order valence-corrected chi connectivity index (χ3v) is 6.34. The largest absolute Gasteiger partial charge is 0.496 e. The first-order valence-corrected chi connectivity index (χ1v) is 11.2. The molecule has 8 heteroatoms. The van der Waals surface area contributed by atoms with E-state index in [0.717, 1.165) is 27.1 Å². The molecule has 0 saturated heterocycles. The molecule has 4 aromatic rings. The van der Waals surface area contributed by atoms with E-state index in [1.165, 1.54) is 0 Å². The lowest BCUT2D eigenvalue weighted by Gasteiger charge is -2.10. The number of carbonyl (C=O) groups excluding carboxylic acids is 1. The number of amides is 1. The predicted molar refractivity (Wildman–Crippen MR) is 128 cm³/mol. The Morgan fingerprint density at radius 2 is 1.75 bits per heavy atom. The van der Waals surface area contributed by atoms with Gasteiger partial charge in [0.15, 0.2) is 11.0 Å². The maximum Gasteiger partial charge on any atom is 0.259 e. The van der Waals surface area contributed by atoms with Crippen LogP contribution < -0.4 is 10.1 Å². The number of rotatable bonds is 7. The normalized spacial score (nSPS) is 10.7. The van der Waals surface area contributed by atoms with Gasteiger partial charge in [0.1, 0.15) is 5.75 Å². The van der Waals surface area contributed by atoms with Gasteiger partial charge in [-0.2, -0.15) is 0 Å². The molecule has 1 heterocycles. The average molecular weight is 465 g/mol. The van der Waals surface area contributed by atoms with Crippen molar-refractivity contribution in [1.82, 2.24) is 14.8 Å². The second kappa shape index (κ2) is 9.89. The van der Waals surface area contributed by atoms with Crippen LogP contribution >= 0.6 is 23.4 Å². The summed E-state index contributed by atoms with van der Waals surface area (Å²) in [6, 6.07) is 22.4. The molecule has 3 aromatic carbocycles. The van der Waals surface area contributed by atoms with Gasteiger partial charge in [-0.1, -0.05) is 53.7 Å². The highest BCUT2D eigenvalue weighted by atomic mass is 35.5. The summed E-state index contributed by atoms with van der Waals surface area (Å²) in [7, 11) is 3.48. The molecule has 162 valence electrons. The number of hydrogen-bond acceptors (Lipinski definition) is 5. The molecule has 0 bridgehead atoms. The van der Waals surface area contributed by atoms with E-state index < -0.39 is 0 Å². The van der Waals surface area contributed by atoms with Crippen LogP contribution in [0.2, 0.25) is 5.02 Å². The minimum atomic E-state index is -0.230. The molecule has 4 rings (SSSR count). The molecular formula is C24H21ClN4O2S. The molecule has 32 heavy (non-hydrogen) atoms. The Kier molecular flexibility index (Phi) is 6.78. The van der Waals surface area contributed by atoms with Crippen LogP contribution in [0.5, 0.6) is 5.75 Å². The number of ether oxygens (including phenoxy) is 1. The molecule has 0 spiro atoms. The number of nitrogens with one attached hydrogen (secondary N) is 1. The number of methoxy groups -OCH3 is 1. The molecule has 0 radical (unpaired) electrons. The van der Waals surface area contributed by atoms with Crippen molar-refractivity contribution >= 4 is 35.0 Å². The summed E-state index contributed by atoms with van der Waals surface area (Å²) in [5, 5.41) is 13.1. The number of benzene rings is 3. The van der Waals surface area contributed by atoms with Crippen LogP contribution in [0.3, 0.4) is 0 Å². The quantitative estimate of drug-likeness (QED) is 0.356. The zero-order valence-electron chi connectivity index (χ0n) is 17.6. The second-order valence-corrected chi connectivity index (χ2v) is 8.33. The minimum Gasteiger partial charge on any atom is -0.496 e. The van der Waals surface area contributed by atoms with E-state index in [2.05, 4.69) is 15.5 Å². The Bertz CT molecular complexity index is 1240. The Hall–Kier alpha value is -3.29. The van der Waals surface area contributed by atoms with E-state index in [0.29, 0.717) is 22.8 Å². The lowest BCUT2D eigenvalue weighted by molar-refractivity contribution is 0.102. The fourth-order valence-electron chi connectivity index (χ4n) is 3.18. The van der Waals surface area contributed by atoms with E-state index in [1.807, 2.05) is 66.2 Å². The fourth-order valence-corrected chi connectivity index (χ4v) is 4.38. The molecule has 0 atom stereocenters. The zero-order chi connectivity index (χ0) is 22.5. The summed E-state index contributed by atoms with van der Waals surface area (Å²) >= 11 is 7.82. The molecule has 0 fully saturated rings. The Morgan fingerprint density at radius 3 is 2.50 bits per heavy atom. The van der Waals surface area contributed by atoms with Crippen molar-refractivity contribution in [2.45, 2.75) is 10.9 Å². The van der Waals surface area contributed by atoms with Crippen molar-refractivity contribution in [3.05, 3.63) is 88.9 Å². The van der Waals surface area contributed by atoms with Crippen molar-refractivity contribution in [2.75, 3.05) is 12.4 Å². The smallest absolute Gasteiger partial charge is 0.259 e. The lowest BCUT2D eigenvalue weighted by atomic mass is 10.1. The molecule has 1 aromatic heterocycles. The van der Waals surface area contributed by atoms with Crippen LogP contribution in [0.15, 0.2) is 78.0 Å². The Balaban J connectivity index is 1.45. The van der Waals surface area contributed by atoms with Crippen LogP contribution in [-0.4, -0.2) is 27.8 Å². The third-order valence-electron chi connectivity index (χ3n) is 4.90. The van der Waals surface area contributed by atoms with Crippen molar-refractivity contribution in [1.29, 1.82) is 0 Å². The third kappa shape index (κ3) is 4.79. The van der Waals surface area contributed by atoms with E-state index >= 15 is 0 Å². The number of thioether (sulfide) groups is 1. The standard InChI is InChI=1S/C24H21ClN4O2S/c1-29-22(27-28-24(29)32-15-17-7-3-5-9-20(17)25)16-11-13-18(14-12-16)26-23(30)19-8-4-6-10-21(19)31-2/h3-14H,15H2,1-2H3,(H,26,30). The average Bonchev–Trinajstić information content (AvgIpc) is 3.19. The second-order valence-electron chi connectivity index (χ2n) is 6.98. The van der Waals surface area contributed by atoms with E-state index in [-0.39, 0.29) is 5.91 Å². The van der Waals surface area contributed by atoms with Gasteiger partial charge in [-0.15, -0.1) is 10.2 Å². The number of halogens is 1. The fraction of sp³-hybridized carbons (Fsp3) is 0.125. The SMILES string of the molecule is COc1ccccc1C(=O)Nc1ccc(-c2nnc(SCc3ccccc3Cl)n2C)cc1. The number of hydrogen-bond donors (Lipinski definition) is 1. The van der Waals surface area contributed by atoms with E-state index in [1.54, 1.807) is 37.1 Å². The van der Waals surface area contributed by atoms with Crippen molar-refractivity contribution in [3.63, 3.8) is 0 Å². The number of nitrogens with zero attached hydrogens (tertiary/aromatic N) is 3. The number of aromatic nitrogens is 3. The van der Waals surface area contributed by atoms with Crippen LogP contribution in [0.1, 0.15) is 15.9 Å². The van der Waals surface area contributed by atoms with Crippen LogP contribution in [0.4, 0.5) is 5.69 Å². The monoisotopic (exact) mass is 464 g/mol. The highest BCUT2D eigenvalue weighted by Gasteiger charge is 2.14. The zero-order valence-corrected chi connectivity index (χ0v) is 19.2. The number of para-hydroxylation sites is 1. The highest BCUT2D eigenvalue weighted by Crippen LogP contribution is 2.28. The van der Waals surface area contributed by atoms with Gasteiger partial charge < -0.3 is 14.6 Å². The van der Waals surface area contributed by atoms with E-state index in [4.69, 9.17) is 16.3 Å². The molecule has 6 nitrogen and oxygen atoms in total. The Morgan fingerprint density at radius 1 is 1.03 bits per heavy atom. The van der Waals surface area contributed by atoms with Gasteiger partial charge in [0, 0.05) is 29.1 Å². The Labute approximate surface area is 195 Å². The van der Waals surface area contributed by atoms with E-state index in [9.17, 15) is 4.79 Å². The van der Waals surface area contributed by atoms with Gasteiger partial charge in [-0.3, -0.25) is 4.79 Å². The minimum absolute atomic E-state index is 0.230. The van der Waals surface area contributed by atoms with Gasteiger partial charge in [-0.05, 0) is 48.0 Å². The van der Waals surface area contributed by atoms with Gasteiger partial charge in [0.05, 0.1) is 12.7 Å². The summed E-state index contributed by atoms with van der Waals surface area (Å²) in [6.45, 7) is 0. The van der Waals surface area contributed by atoms with Crippen LogP contribution in [0.25, 0.3) is 11.4 Å². The molecule has 1 amide bonds. The first kappa shape index (κ1) is 21.9. The molecule has 0 aliphatic heterocycles. The predicted octanol–water partition coefficient (Wildman–Crippen LogP) is 5.69. The first-order chi connectivity index (χ1) is 15.6. The summed E-state index contributed by atoms with van der Waals surface area (Å²) in [5.41, 5.74) is 3.12. The summed E-state index contributed by atoms with van der Waals surface area (Å²) < 4.78 is 7.21. The maximum atomic E-state index is 12.6. The number of anilines is 1. The van der Waals surface area contributed by atoms with Gasteiger partial charge in [0.2, 0.25) is 0 Å². The van der Waals surface area contributed by atoms with Gasteiger partial charge in [-0.25, -0.2) is 0 Å². The lowest BCUT2D eigenvalue weighted by Crippen LogP contribution is -2.13. The van der Waals surface area contributed by atoms with Crippen molar-refractivity contribution in [2.24, 2.45) is 7.05 Å². The molecule has 0 saturated carbocycles. The van der Waals surface area contributed by atoms with Crippen molar-refractivity contribution in [3.8, 4) is 17.1 Å².